The number of rotatable bonds is 4. The van der Waals surface area contributed by atoms with Crippen LogP contribution in [0, 0.1) is 11.3 Å². The zero-order chi connectivity index (χ0) is 19.3. The standard InChI is InChI=1S/C23H31FN2O2/c24-21(17-5-6-17)22(28)26-14-23(15-26)10-7-18(13-23)25-11-8-16(9-12-25)19-3-1-2-4-20(19)27/h1-4,16-18,21,27H,5-15H2. The quantitative estimate of drug-likeness (QED) is 0.858. The van der Waals surface area contributed by atoms with Gasteiger partial charge in [0, 0.05) is 24.5 Å². The van der Waals surface area contributed by atoms with Gasteiger partial charge >= 0.3 is 0 Å². The summed E-state index contributed by atoms with van der Waals surface area (Å²) in [6.45, 7) is 3.70. The van der Waals surface area contributed by atoms with Gasteiger partial charge < -0.3 is 14.9 Å². The van der Waals surface area contributed by atoms with Crippen LogP contribution in [0.3, 0.4) is 0 Å². The lowest BCUT2D eigenvalue weighted by molar-refractivity contribution is -0.149. The van der Waals surface area contributed by atoms with E-state index < -0.39 is 6.17 Å². The average molecular weight is 387 g/mol. The second-order valence-corrected chi connectivity index (χ2v) is 9.70. The normalized spacial score (nSPS) is 29.0. The van der Waals surface area contributed by atoms with Crippen LogP contribution in [0.15, 0.2) is 24.3 Å². The van der Waals surface area contributed by atoms with Gasteiger partial charge in [-0.05, 0) is 81.5 Å². The predicted octanol–water partition coefficient (Wildman–Crippen LogP) is 3.70. The topological polar surface area (TPSA) is 43.8 Å². The number of aromatic hydroxyl groups is 1. The van der Waals surface area contributed by atoms with Crippen LogP contribution in [0.1, 0.15) is 56.4 Å². The maximum atomic E-state index is 14.1. The monoisotopic (exact) mass is 386 g/mol. The molecule has 2 aliphatic heterocycles. The fraction of sp³-hybridized carbons (Fsp3) is 0.696. The van der Waals surface area contributed by atoms with Gasteiger partial charge in [-0.1, -0.05) is 18.2 Å². The molecule has 1 aromatic rings. The van der Waals surface area contributed by atoms with Gasteiger partial charge in [-0.25, -0.2) is 4.39 Å². The molecule has 2 saturated heterocycles. The number of likely N-dealkylation sites (tertiary alicyclic amines) is 2. The van der Waals surface area contributed by atoms with E-state index in [1.54, 1.807) is 11.0 Å². The molecule has 2 aliphatic carbocycles. The smallest absolute Gasteiger partial charge is 0.257 e. The van der Waals surface area contributed by atoms with E-state index in [0.29, 0.717) is 17.7 Å². The summed E-state index contributed by atoms with van der Waals surface area (Å²) in [6, 6.07) is 8.34. The zero-order valence-corrected chi connectivity index (χ0v) is 16.5. The molecule has 4 aliphatic rings. The molecular formula is C23H31FN2O2. The largest absolute Gasteiger partial charge is 0.508 e. The summed E-state index contributed by atoms with van der Waals surface area (Å²) in [5.41, 5.74) is 1.34. The van der Waals surface area contributed by atoms with Crippen molar-refractivity contribution in [3.05, 3.63) is 29.8 Å². The van der Waals surface area contributed by atoms with Crippen LogP contribution in [0.5, 0.6) is 5.75 Å². The first-order valence-electron chi connectivity index (χ1n) is 11.0. The molecule has 2 atom stereocenters. The molecular weight excluding hydrogens is 355 g/mol. The van der Waals surface area contributed by atoms with Crippen molar-refractivity contribution in [3.63, 3.8) is 0 Å². The Morgan fingerprint density at radius 3 is 2.50 bits per heavy atom. The summed E-state index contributed by atoms with van der Waals surface area (Å²) >= 11 is 0. The number of phenols is 1. The lowest BCUT2D eigenvalue weighted by Crippen LogP contribution is -2.59. The van der Waals surface area contributed by atoms with Crippen molar-refractivity contribution in [2.24, 2.45) is 11.3 Å². The van der Waals surface area contributed by atoms with Gasteiger partial charge in [0.2, 0.25) is 0 Å². The number of carbonyl (C=O) groups excluding carboxylic acids is 1. The van der Waals surface area contributed by atoms with E-state index in [4.69, 9.17) is 0 Å². The van der Waals surface area contributed by atoms with E-state index in [1.807, 2.05) is 12.1 Å². The zero-order valence-electron chi connectivity index (χ0n) is 16.5. The number of alkyl halides is 1. The second-order valence-electron chi connectivity index (χ2n) is 9.70. The minimum Gasteiger partial charge on any atom is -0.508 e. The Morgan fingerprint density at radius 1 is 1.11 bits per heavy atom. The van der Waals surface area contributed by atoms with Crippen molar-refractivity contribution in [2.45, 2.75) is 63.1 Å². The van der Waals surface area contributed by atoms with Crippen molar-refractivity contribution in [1.29, 1.82) is 0 Å². The number of hydrogen-bond donors (Lipinski definition) is 1. The van der Waals surface area contributed by atoms with Gasteiger partial charge in [0.15, 0.2) is 6.17 Å². The van der Waals surface area contributed by atoms with Gasteiger partial charge in [0.25, 0.3) is 5.91 Å². The van der Waals surface area contributed by atoms with Crippen LogP contribution in [0.2, 0.25) is 0 Å². The molecule has 28 heavy (non-hydrogen) atoms. The van der Waals surface area contributed by atoms with E-state index in [9.17, 15) is 14.3 Å². The van der Waals surface area contributed by atoms with E-state index >= 15 is 0 Å². The first-order valence-corrected chi connectivity index (χ1v) is 11.0. The summed E-state index contributed by atoms with van der Waals surface area (Å²) in [5.74, 6) is 0.636. The molecule has 4 nitrogen and oxygen atoms in total. The molecule has 152 valence electrons. The maximum absolute atomic E-state index is 14.1. The summed E-state index contributed by atoms with van der Waals surface area (Å²) < 4.78 is 14.1. The highest BCUT2D eigenvalue weighted by Gasteiger charge is 2.52. The predicted molar refractivity (Wildman–Crippen MR) is 106 cm³/mol. The molecule has 2 unspecified atom stereocenters. The van der Waals surface area contributed by atoms with Gasteiger partial charge in [0.1, 0.15) is 5.75 Å². The number of benzene rings is 1. The maximum Gasteiger partial charge on any atom is 0.257 e. The molecule has 1 aromatic carbocycles. The summed E-state index contributed by atoms with van der Waals surface area (Å²) in [5, 5.41) is 10.1. The van der Waals surface area contributed by atoms with Gasteiger partial charge in [0.05, 0.1) is 0 Å². The molecule has 2 saturated carbocycles. The first-order chi connectivity index (χ1) is 13.5. The van der Waals surface area contributed by atoms with E-state index in [2.05, 4.69) is 11.0 Å². The fourth-order valence-corrected chi connectivity index (χ4v) is 5.87. The third-order valence-electron chi connectivity index (χ3n) is 7.74. The summed E-state index contributed by atoms with van der Waals surface area (Å²) in [7, 11) is 0. The minimum absolute atomic E-state index is 0.00530. The Morgan fingerprint density at radius 2 is 1.82 bits per heavy atom. The van der Waals surface area contributed by atoms with E-state index in [0.717, 1.165) is 63.8 Å². The average Bonchev–Trinajstić information content (AvgIpc) is 3.44. The molecule has 1 spiro atoms. The molecule has 0 radical (unpaired) electrons. The number of halogens is 1. The molecule has 0 bridgehead atoms. The van der Waals surface area contributed by atoms with Crippen LogP contribution in [0.25, 0.3) is 0 Å². The summed E-state index contributed by atoms with van der Waals surface area (Å²) in [4.78, 5) is 16.6. The number of piperidine rings is 1. The molecule has 0 aromatic heterocycles. The molecule has 1 amide bonds. The number of hydrogen-bond acceptors (Lipinski definition) is 3. The van der Waals surface area contributed by atoms with E-state index in [-0.39, 0.29) is 17.2 Å². The van der Waals surface area contributed by atoms with E-state index in [1.165, 1.54) is 12.8 Å². The van der Waals surface area contributed by atoms with Crippen molar-refractivity contribution >= 4 is 5.91 Å². The number of phenolic OH excluding ortho intramolecular Hbond substituents is 1. The Hall–Kier alpha value is -1.62. The van der Waals surface area contributed by atoms with Crippen molar-refractivity contribution < 1.29 is 14.3 Å². The highest BCUT2D eigenvalue weighted by molar-refractivity contribution is 5.82. The van der Waals surface area contributed by atoms with Crippen LogP contribution in [-0.4, -0.2) is 59.2 Å². The van der Waals surface area contributed by atoms with Crippen LogP contribution in [0.4, 0.5) is 4.39 Å². The van der Waals surface area contributed by atoms with Crippen LogP contribution < -0.4 is 0 Å². The molecule has 2 heterocycles. The highest BCUT2D eigenvalue weighted by atomic mass is 19.1. The number of para-hydroxylation sites is 1. The third kappa shape index (κ3) is 3.32. The lowest BCUT2D eigenvalue weighted by atomic mass is 9.77. The van der Waals surface area contributed by atoms with Gasteiger partial charge in [-0.15, -0.1) is 0 Å². The van der Waals surface area contributed by atoms with Crippen LogP contribution in [-0.2, 0) is 4.79 Å². The lowest BCUT2D eigenvalue weighted by Gasteiger charge is -2.49. The SMILES string of the molecule is O=C(C(F)C1CC1)N1CC2(CCC(N3CCC(c4ccccc4O)CC3)C2)C1. The fourth-order valence-electron chi connectivity index (χ4n) is 5.87. The Labute approximate surface area is 166 Å². The number of amides is 1. The highest BCUT2D eigenvalue weighted by Crippen LogP contribution is 2.49. The number of nitrogens with zero attached hydrogens (tertiary/aromatic N) is 2. The van der Waals surface area contributed by atoms with Crippen LogP contribution >= 0.6 is 0 Å². The van der Waals surface area contributed by atoms with Crippen molar-refractivity contribution in [3.8, 4) is 5.75 Å². The Bertz CT molecular complexity index is 736. The number of carbonyl (C=O) groups is 1. The second kappa shape index (κ2) is 7.01. The third-order valence-corrected chi connectivity index (χ3v) is 7.74. The molecule has 4 fully saturated rings. The first kappa shape index (κ1) is 18.4. The van der Waals surface area contributed by atoms with Gasteiger partial charge in [-0.3, -0.25) is 4.79 Å². The Kier molecular flexibility index (Phi) is 4.61. The molecule has 1 N–H and O–H groups in total. The minimum atomic E-state index is -1.25. The summed E-state index contributed by atoms with van der Waals surface area (Å²) in [6.07, 6.45) is 6.22. The molecule has 5 heteroatoms. The Balaban J connectivity index is 1.12. The molecule has 5 rings (SSSR count). The van der Waals surface area contributed by atoms with Gasteiger partial charge in [-0.2, -0.15) is 0 Å². The van der Waals surface area contributed by atoms with Crippen molar-refractivity contribution in [2.75, 3.05) is 26.2 Å². The van der Waals surface area contributed by atoms with Crippen molar-refractivity contribution in [1.82, 2.24) is 9.80 Å².